The lowest BCUT2D eigenvalue weighted by Gasteiger charge is -2.28. The fourth-order valence-corrected chi connectivity index (χ4v) is 4.28. The summed E-state index contributed by atoms with van der Waals surface area (Å²) in [4.78, 5) is 14.4. The van der Waals surface area contributed by atoms with Crippen molar-refractivity contribution in [3.8, 4) is 6.07 Å². The number of hydrogen-bond acceptors (Lipinski definition) is 6. The Bertz CT molecular complexity index is 1010. The maximum absolute atomic E-state index is 12.7. The van der Waals surface area contributed by atoms with Crippen molar-refractivity contribution in [1.82, 2.24) is 4.31 Å². The number of carbonyl (C=O) groups excluding carboxylic acids is 1. The van der Waals surface area contributed by atoms with Crippen molar-refractivity contribution in [2.75, 3.05) is 50.1 Å². The van der Waals surface area contributed by atoms with Gasteiger partial charge in [0.1, 0.15) is 6.07 Å². The van der Waals surface area contributed by atoms with Crippen LogP contribution in [0.4, 0.5) is 11.4 Å². The molecule has 0 aromatic heterocycles. The standard InChI is InChI=1S/C20H22N4O4S/c1-23(29(26,27)19-5-3-2-4-16(19)14-21)15-20(25)22-17-6-8-18(9-7-17)24-10-12-28-13-11-24/h2-9H,10-13,15H2,1H3,(H,22,25). The van der Waals surface area contributed by atoms with Crippen LogP contribution in [0.2, 0.25) is 0 Å². The van der Waals surface area contributed by atoms with Crippen LogP contribution < -0.4 is 10.2 Å². The van der Waals surface area contributed by atoms with Gasteiger partial charge in [-0.15, -0.1) is 0 Å². The van der Waals surface area contributed by atoms with Gasteiger partial charge in [-0.2, -0.15) is 9.57 Å². The fourth-order valence-electron chi connectivity index (χ4n) is 3.02. The maximum atomic E-state index is 12.7. The summed E-state index contributed by atoms with van der Waals surface area (Å²) in [6.45, 7) is 2.65. The Morgan fingerprint density at radius 2 is 1.83 bits per heavy atom. The quantitative estimate of drug-likeness (QED) is 0.771. The van der Waals surface area contributed by atoms with E-state index >= 15 is 0 Å². The molecule has 0 bridgehead atoms. The van der Waals surface area contributed by atoms with Crippen LogP contribution in [0.25, 0.3) is 0 Å². The number of rotatable bonds is 6. The number of nitriles is 1. The number of amides is 1. The summed E-state index contributed by atoms with van der Waals surface area (Å²) in [5, 5.41) is 11.8. The highest BCUT2D eigenvalue weighted by Crippen LogP contribution is 2.20. The Balaban J connectivity index is 1.63. The van der Waals surface area contributed by atoms with Gasteiger partial charge < -0.3 is 15.0 Å². The van der Waals surface area contributed by atoms with Crippen molar-refractivity contribution in [2.24, 2.45) is 0 Å². The van der Waals surface area contributed by atoms with E-state index in [1.807, 2.05) is 18.2 Å². The molecule has 1 amide bonds. The van der Waals surface area contributed by atoms with E-state index in [-0.39, 0.29) is 17.0 Å². The first-order valence-electron chi connectivity index (χ1n) is 9.10. The molecule has 1 fully saturated rings. The topological polar surface area (TPSA) is 103 Å². The molecule has 0 aliphatic carbocycles. The van der Waals surface area contributed by atoms with Gasteiger partial charge in [-0.1, -0.05) is 12.1 Å². The van der Waals surface area contributed by atoms with Crippen molar-refractivity contribution >= 4 is 27.3 Å². The summed E-state index contributed by atoms with van der Waals surface area (Å²) in [5.41, 5.74) is 1.66. The van der Waals surface area contributed by atoms with Gasteiger partial charge in [0.05, 0.1) is 30.2 Å². The van der Waals surface area contributed by atoms with Crippen LogP contribution in [-0.2, 0) is 19.6 Å². The van der Waals surface area contributed by atoms with Crippen molar-refractivity contribution in [1.29, 1.82) is 5.26 Å². The van der Waals surface area contributed by atoms with Crippen molar-refractivity contribution < 1.29 is 17.9 Å². The number of likely N-dealkylation sites (N-methyl/N-ethyl adjacent to an activating group) is 1. The Hall–Kier alpha value is -2.93. The largest absolute Gasteiger partial charge is 0.378 e. The minimum absolute atomic E-state index is 0.0402. The number of ether oxygens (including phenoxy) is 1. The molecule has 1 heterocycles. The normalized spacial score (nSPS) is 14.4. The third-order valence-electron chi connectivity index (χ3n) is 4.59. The summed E-state index contributed by atoms with van der Waals surface area (Å²) in [7, 11) is -2.65. The smallest absolute Gasteiger partial charge is 0.244 e. The summed E-state index contributed by atoms with van der Waals surface area (Å²) >= 11 is 0. The van der Waals surface area contributed by atoms with Gasteiger partial charge in [0.2, 0.25) is 15.9 Å². The lowest BCUT2D eigenvalue weighted by atomic mass is 10.2. The van der Waals surface area contributed by atoms with Gasteiger partial charge in [-0.05, 0) is 36.4 Å². The first kappa shape index (κ1) is 20.8. The van der Waals surface area contributed by atoms with E-state index in [0.717, 1.165) is 23.1 Å². The number of benzene rings is 2. The molecule has 0 spiro atoms. The van der Waals surface area contributed by atoms with Gasteiger partial charge in [0, 0.05) is 31.5 Å². The van der Waals surface area contributed by atoms with Crippen molar-refractivity contribution in [3.63, 3.8) is 0 Å². The zero-order chi connectivity index (χ0) is 20.9. The number of morpholine rings is 1. The van der Waals surface area contributed by atoms with Crippen LogP contribution >= 0.6 is 0 Å². The highest BCUT2D eigenvalue weighted by molar-refractivity contribution is 7.89. The second-order valence-electron chi connectivity index (χ2n) is 6.56. The van der Waals surface area contributed by atoms with Gasteiger partial charge in [-0.25, -0.2) is 8.42 Å². The Morgan fingerprint density at radius 1 is 1.17 bits per heavy atom. The van der Waals surface area contributed by atoms with Crippen LogP contribution in [0, 0.1) is 11.3 Å². The average molecular weight is 414 g/mol. The predicted molar refractivity (Wildman–Crippen MR) is 109 cm³/mol. The van der Waals surface area contributed by atoms with Crippen LogP contribution in [0.5, 0.6) is 0 Å². The summed E-state index contributed by atoms with van der Waals surface area (Å²) in [5.74, 6) is -0.468. The van der Waals surface area contributed by atoms with Gasteiger partial charge in [0.15, 0.2) is 0 Å². The fraction of sp³-hybridized carbons (Fsp3) is 0.300. The molecule has 29 heavy (non-hydrogen) atoms. The number of anilines is 2. The molecular weight excluding hydrogens is 392 g/mol. The second-order valence-corrected chi connectivity index (χ2v) is 8.58. The number of nitrogens with zero attached hydrogens (tertiary/aromatic N) is 3. The highest BCUT2D eigenvalue weighted by atomic mass is 32.2. The number of sulfonamides is 1. The van der Waals surface area contributed by atoms with E-state index in [0.29, 0.717) is 18.9 Å². The number of nitrogens with one attached hydrogen (secondary N) is 1. The lowest BCUT2D eigenvalue weighted by Crippen LogP contribution is -2.36. The summed E-state index contributed by atoms with van der Waals surface area (Å²) in [6, 6.07) is 15.1. The molecule has 0 unspecified atom stereocenters. The number of carbonyl (C=O) groups is 1. The van der Waals surface area contributed by atoms with E-state index in [4.69, 9.17) is 10.00 Å². The van der Waals surface area contributed by atoms with Gasteiger partial charge in [0.25, 0.3) is 0 Å². The molecule has 1 saturated heterocycles. The molecule has 0 saturated carbocycles. The Morgan fingerprint density at radius 3 is 2.48 bits per heavy atom. The average Bonchev–Trinajstić information content (AvgIpc) is 2.74. The third kappa shape index (κ3) is 4.92. The van der Waals surface area contributed by atoms with Crippen LogP contribution in [0.1, 0.15) is 5.56 Å². The highest BCUT2D eigenvalue weighted by Gasteiger charge is 2.25. The molecule has 0 atom stereocenters. The van der Waals surface area contributed by atoms with E-state index in [2.05, 4.69) is 10.2 Å². The summed E-state index contributed by atoms with van der Waals surface area (Å²) < 4.78 is 31.7. The zero-order valence-electron chi connectivity index (χ0n) is 16.0. The predicted octanol–water partition coefficient (Wildman–Crippen LogP) is 1.65. The monoisotopic (exact) mass is 414 g/mol. The molecular formula is C20H22N4O4S. The van der Waals surface area contributed by atoms with Crippen LogP contribution in [-0.4, -0.2) is 58.5 Å². The number of hydrogen-bond donors (Lipinski definition) is 1. The van der Waals surface area contributed by atoms with Gasteiger partial charge >= 0.3 is 0 Å². The molecule has 1 aliphatic heterocycles. The maximum Gasteiger partial charge on any atom is 0.244 e. The van der Waals surface area contributed by atoms with Crippen molar-refractivity contribution in [3.05, 3.63) is 54.1 Å². The third-order valence-corrected chi connectivity index (χ3v) is 6.45. The van der Waals surface area contributed by atoms with Crippen LogP contribution in [0.15, 0.2) is 53.4 Å². The minimum atomic E-state index is -3.96. The first-order chi connectivity index (χ1) is 13.9. The van der Waals surface area contributed by atoms with Gasteiger partial charge in [-0.3, -0.25) is 4.79 Å². The molecule has 2 aromatic rings. The molecule has 9 heteroatoms. The zero-order valence-corrected chi connectivity index (χ0v) is 16.9. The molecule has 1 aliphatic rings. The van der Waals surface area contributed by atoms with E-state index in [9.17, 15) is 13.2 Å². The van der Waals surface area contributed by atoms with Crippen LogP contribution in [0.3, 0.4) is 0 Å². The Labute approximate surface area is 170 Å². The van der Waals surface area contributed by atoms with Crippen molar-refractivity contribution in [2.45, 2.75) is 4.90 Å². The van der Waals surface area contributed by atoms with E-state index < -0.39 is 15.9 Å². The minimum Gasteiger partial charge on any atom is -0.378 e. The SMILES string of the molecule is CN(CC(=O)Nc1ccc(N2CCOCC2)cc1)S(=O)(=O)c1ccccc1C#N. The summed E-state index contributed by atoms with van der Waals surface area (Å²) in [6.07, 6.45) is 0. The second kappa shape index (κ2) is 9.05. The molecule has 0 radical (unpaired) electrons. The Kier molecular flexibility index (Phi) is 6.49. The molecule has 3 rings (SSSR count). The molecule has 1 N–H and O–H groups in total. The van der Waals surface area contributed by atoms with E-state index in [1.165, 1.54) is 25.2 Å². The molecule has 8 nitrogen and oxygen atoms in total. The first-order valence-corrected chi connectivity index (χ1v) is 10.5. The molecule has 152 valence electrons. The lowest BCUT2D eigenvalue weighted by molar-refractivity contribution is -0.116. The molecule has 2 aromatic carbocycles. The van der Waals surface area contributed by atoms with E-state index in [1.54, 1.807) is 18.2 Å².